The number of carbonyl (C=O) groups is 1. The summed E-state index contributed by atoms with van der Waals surface area (Å²) in [5, 5.41) is 2.86. The van der Waals surface area contributed by atoms with Crippen molar-refractivity contribution in [3.05, 3.63) is 51.6 Å². The van der Waals surface area contributed by atoms with Crippen LogP contribution >= 0.6 is 22.6 Å². The average Bonchev–Trinajstić information content (AvgIpc) is 2.61. The van der Waals surface area contributed by atoms with Crippen LogP contribution in [0.5, 0.6) is 17.2 Å². The molecule has 0 atom stereocenters. The molecule has 0 saturated heterocycles. The minimum atomic E-state index is -0.133. The van der Waals surface area contributed by atoms with Gasteiger partial charge in [-0.2, -0.15) is 0 Å². The molecule has 1 aliphatic rings. The van der Waals surface area contributed by atoms with E-state index in [0.717, 1.165) is 27.1 Å². The summed E-state index contributed by atoms with van der Waals surface area (Å²) in [6.45, 7) is 1.72. The summed E-state index contributed by atoms with van der Waals surface area (Å²) in [5.41, 5.74) is 1.10. The molecule has 0 bridgehead atoms. The molecular weight excluding hydrogens is 421 g/mol. The first kappa shape index (κ1) is 16.9. The second-order valence-electron chi connectivity index (χ2n) is 5.32. The zero-order valence-corrected chi connectivity index (χ0v) is 15.2. The molecule has 0 aliphatic carbocycles. The normalized spacial score (nSPS) is 12.5. The van der Waals surface area contributed by atoms with E-state index in [1.807, 2.05) is 42.5 Å². The second kappa shape index (κ2) is 8.23. The van der Waals surface area contributed by atoms with Crippen molar-refractivity contribution in [3.8, 4) is 17.2 Å². The van der Waals surface area contributed by atoms with Gasteiger partial charge in [0, 0.05) is 10.1 Å². The van der Waals surface area contributed by atoms with Crippen molar-refractivity contribution in [2.45, 2.75) is 6.42 Å². The zero-order chi connectivity index (χ0) is 16.8. The van der Waals surface area contributed by atoms with Crippen LogP contribution in [-0.4, -0.2) is 32.3 Å². The van der Waals surface area contributed by atoms with E-state index in [1.54, 1.807) is 0 Å². The molecule has 126 valence electrons. The van der Waals surface area contributed by atoms with Gasteiger partial charge in [0.1, 0.15) is 19.0 Å². The lowest BCUT2D eigenvalue weighted by Gasteiger charge is -2.18. The van der Waals surface area contributed by atoms with Crippen molar-refractivity contribution in [3.63, 3.8) is 0 Å². The predicted octanol–water partition coefficient (Wildman–Crippen LogP) is 2.80. The van der Waals surface area contributed by atoms with Gasteiger partial charge in [-0.1, -0.05) is 6.07 Å². The number of amides is 1. The quantitative estimate of drug-likeness (QED) is 0.704. The van der Waals surface area contributed by atoms with Gasteiger partial charge in [0.25, 0.3) is 5.91 Å². The monoisotopic (exact) mass is 439 g/mol. The molecule has 24 heavy (non-hydrogen) atoms. The third kappa shape index (κ3) is 4.77. The Morgan fingerprint density at radius 1 is 1.08 bits per heavy atom. The standard InChI is InChI=1S/C18H18INO4/c19-14-2-4-15(5-3-14)24-12-18(21)20-8-7-13-1-6-16-17(11-13)23-10-9-22-16/h1-6,11H,7-10,12H2,(H,20,21). The molecule has 0 fully saturated rings. The number of benzene rings is 2. The summed E-state index contributed by atoms with van der Waals surface area (Å²) >= 11 is 2.22. The Labute approximate surface area is 154 Å². The van der Waals surface area contributed by atoms with Gasteiger partial charge in [-0.25, -0.2) is 0 Å². The van der Waals surface area contributed by atoms with Crippen LogP contribution in [0.2, 0.25) is 0 Å². The Balaban J connectivity index is 1.41. The molecule has 1 heterocycles. The van der Waals surface area contributed by atoms with Gasteiger partial charge in [0.2, 0.25) is 0 Å². The Morgan fingerprint density at radius 2 is 1.83 bits per heavy atom. The maximum atomic E-state index is 11.8. The Hall–Kier alpha value is -1.96. The van der Waals surface area contributed by atoms with Gasteiger partial charge in [-0.05, 0) is 71.0 Å². The van der Waals surface area contributed by atoms with Crippen molar-refractivity contribution < 1.29 is 19.0 Å². The number of rotatable bonds is 6. The number of halogens is 1. The van der Waals surface area contributed by atoms with E-state index < -0.39 is 0 Å². The summed E-state index contributed by atoms with van der Waals surface area (Å²) in [6.07, 6.45) is 0.728. The largest absolute Gasteiger partial charge is 0.486 e. The lowest BCUT2D eigenvalue weighted by Crippen LogP contribution is -2.30. The first-order valence-corrected chi connectivity index (χ1v) is 8.82. The number of carbonyl (C=O) groups excluding carboxylic acids is 1. The highest BCUT2D eigenvalue weighted by Crippen LogP contribution is 2.30. The molecule has 6 heteroatoms. The molecule has 2 aromatic rings. The van der Waals surface area contributed by atoms with Gasteiger partial charge < -0.3 is 19.5 Å². The molecule has 1 aliphatic heterocycles. The summed E-state index contributed by atoms with van der Waals surface area (Å²) in [7, 11) is 0. The van der Waals surface area contributed by atoms with Crippen LogP contribution in [-0.2, 0) is 11.2 Å². The van der Waals surface area contributed by atoms with Crippen LogP contribution < -0.4 is 19.5 Å². The molecule has 0 saturated carbocycles. The van der Waals surface area contributed by atoms with E-state index in [-0.39, 0.29) is 12.5 Å². The highest BCUT2D eigenvalue weighted by atomic mass is 127. The van der Waals surface area contributed by atoms with Crippen molar-refractivity contribution in [1.29, 1.82) is 0 Å². The lowest BCUT2D eigenvalue weighted by molar-refractivity contribution is -0.123. The summed E-state index contributed by atoms with van der Waals surface area (Å²) < 4.78 is 17.6. The molecule has 0 spiro atoms. The van der Waals surface area contributed by atoms with Crippen LogP contribution in [0.4, 0.5) is 0 Å². The van der Waals surface area contributed by atoms with E-state index in [2.05, 4.69) is 27.9 Å². The molecular formula is C18H18INO4. The maximum Gasteiger partial charge on any atom is 0.257 e. The van der Waals surface area contributed by atoms with Crippen LogP contribution in [0.25, 0.3) is 0 Å². The van der Waals surface area contributed by atoms with E-state index >= 15 is 0 Å². The first-order valence-electron chi connectivity index (χ1n) is 7.74. The van der Waals surface area contributed by atoms with Gasteiger partial charge in [0.15, 0.2) is 18.1 Å². The van der Waals surface area contributed by atoms with E-state index in [0.29, 0.717) is 25.5 Å². The summed E-state index contributed by atoms with van der Waals surface area (Å²) in [6, 6.07) is 13.4. The third-order valence-corrected chi connectivity index (χ3v) is 4.25. The van der Waals surface area contributed by atoms with E-state index in [4.69, 9.17) is 14.2 Å². The molecule has 1 N–H and O–H groups in total. The molecule has 3 rings (SSSR count). The van der Waals surface area contributed by atoms with E-state index in [9.17, 15) is 4.79 Å². The molecule has 0 unspecified atom stereocenters. The topological polar surface area (TPSA) is 56.8 Å². The fraction of sp³-hybridized carbons (Fsp3) is 0.278. The Bertz CT molecular complexity index is 703. The SMILES string of the molecule is O=C(COc1ccc(I)cc1)NCCc1ccc2c(c1)OCCO2. The highest BCUT2D eigenvalue weighted by Gasteiger charge is 2.11. The Kier molecular flexibility index (Phi) is 5.79. The van der Waals surface area contributed by atoms with Crippen molar-refractivity contribution >= 4 is 28.5 Å². The molecule has 2 aromatic carbocycles. The fourth-order valence-electron chi connectivity index (χ4n) is 2.32. The number of nitrogens with one attached hydrogen (secondary N) is 1. The number of hydrogen-bond donors (Lipinski definition) is 1. The van der Waals surface area contributed by atoms with Crippen molar-refractivity contribution in [2.75, 3.05) is 26.4 Å². The molecule has 0 aromatic heterocycles. The van der Waals surface area contributed by atoms with Crippen LogP contribution in [0, 0.1) is 3.57 Å². The third-order valence-electron chi connectivity index (χ3n) is 3.53. The van der Waals surface area contributed by atoms with Crippen LogP contribution in [0.1, 0.15) is 5.56 Å². The average molecular weight is 439 g/mol. The lowest BCUT2D eigenvalue weighted by atomic mass is 10.1. The maximum absolute atomic E-state index is 11.8. The van der Waals surface area contributed by atoms with Crippen molar-refractivity contribution in [1.82, 2.24) is 5.32 Å². The predicted molar refractivity (Wildman–Crippen MR) is 98.8 cm³/mol. The van der Waals surface area contributed by atoms with Gasteiger partial charge in [-0.3, -0.25) is 4.79 Å². The minimum Gasteiger partial charge on any atom is -0.486 e. The number of fused-ring (bicyclic) bond motifs is 1. The van der Waals surface area contributed by atoms with Gasteiger partial charge in [0.05, 0.1) is 0 Å². The fourth-order valence-corrected chi connectivity index (χ4v) is 2.68. The summed E-state index contributed by atoms with van der Waals surface area (Å²) in [5.74, 6) is 2.11. The highest BCUT2D eigenvalue weighted by molar-refractivity contribution is 14.1. The van der Waals surface area contributed by atoms with Crippen molar-refractivity contribution in [2.24, 2.45) is 0 Å². The van der Waals surface area contributed by atoms with E-state index in [1.165, 1.54) is 0 Å². The smallest absolute Gasteiger partial charge is 0.257 e. The van der Waals surface area contributed by atoms with Crippen LogP contribution in [0.15, 0.2) is 42.5 Å². The second-order valence-corrected chi connectivity index (χ2v) is 6.57. The minimum absolute atomic E-state index is 0.0156. The summed E-state index contributed by atoms with van der Waals surface area (Å²) in [4.78, 5) is 11.8. The Morgan fingerprint density at radius 3 is 2.62 bits per heavy atom. The number of ether oxygens (including phenoxy) is 3. The first-order chi connectivity index (χ1) is 11.7. The molecule has 1 amide bonds. The van der Waals surface area contributed by atoms with Gasteiger partial charge >= 0.3 is 0 Å². The molecule has 5 nitrogen and oxygen atoms in total. The van der Waals surface area contributed by atoms with Crippen LogP contribution in [0.3, 0.4) is 0 Å². The molecule has 0 radical (unpaired) electrons. The van der Waals surface area contributed by atoms with Gasteiger partial charge in [-0.15, -0.1) is 0 Å². The zero-order valence-electron chi connectivity index (χ0n) is 13.1. The number of hydrogen-bond acceptors (Lipinski definition) is 4.